The number of amides is 1. The molecule has 1 saturated heterocycles. The molecule has 0 bridgehead atoms. The van der Waals surface area contributed by atoms with Gasteiger partial charge in [0, 0.05) is 31.3 Å². The number of ketones is 1. The van der Waals surface area contributed by atoms with Crippen LogP contribution >= 0.6 is 0 Å². The first-order valence-corrected chi connectivity index (χ1v) is 7.68. The standard InChI is InChI=1S/C17H24N2O3/c1-11-9-19(10-12(2)22-11)13(3)17(21)15-5-7-16(8-6-15)18-14(4)20/h5-8,11-13H,9-10H2,1-4H3,(H,18,20)/t11-,12+,13-/m0/s1. The number of rotatable bonds is 4. The number of nitrogens with zero attached hydrogens (tertiary/aromatic N) is 1. The van der Waals surface area contributed by atoms with Crippen LogP contribution < -0.4 is 5.32 Å². The summed E-state index contributed by atoms with van der Waals surface area (Å²) in [5.41, 5.74) is 1.36. The monoisotopic (exact) mass is 304 g/mol. The third-order valence-electron chi connectivity index (χ3n) is 3.86. The minimum atomic E-state index is -0.180. The number of nitrogens with one attached hydrogen (secondary N) is 1. The quantitative estimate of drug-likeness (QED) is 0.867. The van der Waals surface area contributed by atoms with E-state index in [9.17, 15) is 9.59 Å². The second kappa shape index (κ2) is 7.03. The number of ether oxygens (including phenoxy) is 1. The molecule has 2 rings (SSSR count). The van der Waals surface area contributed by atoms with Crippen LogP contribution in [-0.2, 0) is 9.53 Å². The van der Waals surface area contributed by atoms with Gasteiger partial charge in [-0.3, -0.25) is 14.5 Å². The van der Waals surface area contributed by atoms with Crippen molar-refractivity contribution in [1.29, 1.82) is 0 Å². The number of carbonyl (C=O) groups is 2. The van der Waals surface area contributed by atoms with E-state index in [2.05, 4.69) is 10.2 Å². The molecule has 1 aromatic rings. The lowest BCUT2D eigenvalue weighted by Gasteiger charge is -2.38. The van der Waals surface area contributed by atoms with Crippen molar-refractivity contribution in [3.63, 3.8) is 0 Å². The van der Waals surface area contributed by atoms with Gasteiger partial charge in [0.15, 0.2) is 5.78 Å². The molecule has 1 fully saturated rings. The van der Waals surface area contributed by atoms with Crippen molar-refractivity contribution in [2.24, 2.45) is 0 Å². The van der Waals surface area contributed by atoms with Crippen LogP contribution in [0.25, 0.3) is 0 Å². The summed E-state index contributed by atoms with van der Waals surface area (Å²) in [5.74, 6) is -0.0283. The molecule has 0 aromatic heterocycles. The zero-order valence-electron chi connectivity index (χ0n) is 13.6. The Morgan fingerprint density at radius 3 is 2.23 bits per heavy atom. The zero-order chi connectivity index (χ0) is 16.3. The highest BCUT2D eigenvalue weighted by Gasteiger charge is 2.29. The largest absolute Gasteiger partial charge is 0.373 e. The molecule has 22 heavy (non-hydrogen) atoms. The average molecular weight is 304 g/mol. The molecule has 5 nitrogen and oxygen atoms in total. The molecule has 1 amide bonds. The Labute approximate surface area is 131 Å². The minimum absolute atomic E-state index is 0.0932. The molecule has 0 saturated carbocycles. The molecule has 0 aliphatic carbocycles. The maximum Gasteiger partial charge on any atom is 0.221 e. The second-order valence-electron chi connectivity index (χ2n) is 6.01. The van der Waals surface area contributed by atoms with Gasteiger partial charge >= 0.3 is 0 Å². The van der Waals surface area contributed by atoms with Crippen LogP contribution in [0.3, 0.4) is 0 Å². The summed E-state index contributed by atoms with van der Waals surface area (Å²) in [6.07, 6.45) is 0.280. The SMILES string of the molecule is CC(=O)Nc1ccc(C(=O)[C@H](C)N2C[C@@H](C)O[C@@H](C)C2)cc1. The predicted octanol–water partition coefficient (Wildman–Crippen LogP) is 2.33. The van der Waals surface area contributed by atoms with E-state index < -0.39 is 0 Å². The third kappa shape index (κ3) is 4.15. The van der Waals surface area contributed by atoms with E-state index in [1.54, 1.807) is 24.3 Å². The molecule has 1 heterocycles. The number of hydrogen-bond donors (Lipinski definition) is 1. The summed E-state index contributed by atoms with van der Waals surface area (Å²) in [5, 5.41) is 2.70. The highest BCUT2D eigenvalue weighted by atomic mass is 16.5. The molecular weight excluding hydrogens is 280 g/mol. The normalized spacial score (nSPS) is 23.8. The summed E-state index contributed by atoms with van der Waals surface area (Å²) in [4.78, 5) is 25.8. The van der Waals surface area contributed by atoms with Gasteiger partial charge in [-0.1, -0.05) is 0 Å². The van der Waals surface area contributed by atoms with Gasteiger partial charge in [-0.2, -0.15) is 0 Å². The molecule has 3 atom stereocenters. The first-order valence-electron chi connectivity index (χ1n) is 7.68. The lowest BCUT2D eigenvalue weighted by Crippen LogP contribution is -2.51. The number of Topliss-reactive ketones (excluding diaryl/α,β-unsaturated/α-hetero) is 1. The van der Waals surface area contributed by atoms with Crippen molar-refractivity contribution >= 4 is 17.4 Å². The van der Waals surface area contributed by atoms with Crippen molar-refractivity contribution in [3.8, 4) is 0 Å². The number of hydrogen-bond acceptors (Lipinski definition) is 4. The van der Waals surface area contributed by atoms with E-state index in [0.717, 1.165) is 13.1 Å². The summed E-state index contributed by atoms with van der Waals surface area (Å²) in [6.45, 7) is 8.99. The average Bonchev–Trinajstić information content (AvgIpc) is 2.45. The Balaban J connectivity index is 2.05. The molecule has 1 aliphatic rings. The van der Waals surface area contributed by atoms with Crippen LogP contribution in [0.2, 0.25) is 0 Å². The Bertz CT molecular complexity index is 531. The summed E-state index contributed by atoms with van der Waals surface area (Å²) < 4.78 is 5.71. The van der Waals surface area contributed by atoms with Gasteiger partial charge in [0.05, 0.1) is 18.2 Å². The van der Waals surface area contributed by atoms with Gasteiger partial charge in [-0.25, -0.2) is 0 Å². The van der Waals surface area contributed by atoms with E-state index in [1.807, 2.05) is 20.8 Å². The topological polar surface area (TPSA) is 58.6 Å². The number of anilines is 1. The highest BCUT2D eigenvalue weighted by molar-refractivity contribution is 6.00. The maximum atomic E-state index is 12.6. The van der Waals surface area contributed by atoms with Crippen LogP contribution in [0.15, 0.2) is 24.3 Å². The number of carbonyl (C=O) groups excluding carboxylic acids is 2. The van der Waals surface area contributed by atoms with Crippen molar-refractivity contribution < 1.29 is 14.3 Å². The molecular formula is C17H24N2O3. The van der Waals surface area contributed by atoms with E-state index in [-0.39, 0.29) is 29.9 Å². The van der Waals surface area contributed by atoms with Gasteiger partial charge in [-0.05, 0) is 45.0 Å². The van der Waals surface area contributed by atoms with Crippen molar-refractivity contribution in [2.75, 3.05) is 18.4 Å². The minimum Gasteiger partial charge on any atom is -0.373 e. The first kappa shape index (κ1) is 16.6. The van der Waals surface area contributed by atoms with E-state index in [1.165, 1.54) is 6.92 Å². The summed E-state index contributed by atoms with van der Waals surface area (Å²) in [7, 11) is 0. The smallest absolute Gasteiger partial charge is 0.221 e. The van der Waals surface area contributed by atoms with Crippen LogP contribution in [-0.4, -0.2) is 47.9 Å². The van der Waals surface area contributed by atoms with E-state index >= 15 is 0 Å². The fourth-order valence-electron chi connectivity index (χ4n) is 2.86. The first-order chi connectivity index (χ1) is 10.4. The van der Waals surface area contributed by atoms with E-state index in [0.29, 0.717) is 11.3 Å². The van der Waals surface area contributed by atoms with Gasteiger partial charge in [0.1, 0.15) is 0 Å². The van der Waals surface area contributed by atoms with Crippen LogP contribution in [0.4, 0.5) is 5.69 Å². The molecule has 120 valence electrons. The Kier molecular flexibility index (Phi) is 5.32. The summed E-state index contributed by atoms with van der Waals surface area (Å²) in [6, 6.07) is 6.85. The highest BCUT2D eigenvalue weighted by Crippen LogP contribution is 2.18. The van der Waals surface area contributed by atoms with Gasteiger partial charge < -0.3 is 10.1 Å². The Morgan fingerprint density at radius 1 is 1.18 bits per heavy atom. The molecule has 1 aliphatic heterocycles. The zero-order valence-corrected chi connectivity index (χ0v) is 13.6. The third-order valence-corrected chi connectivity index (χ3v) is 3.86. The second-order valence-corrected chi connectivity index (χ2v) is 6.01. The molecule has 1 N–H and O–H groups in total. The van der Waals surface area contributed by atoms with Crippen LogP contribution in [0, 0.1) is 0 Å². The van der Waals surface area contributed by atoms with Crippen LogP contribution in [0.1, 0.15) is 38.1 Å². The van der Waals surface area contributed by atoms with Crippen molar-refractivity contribution in [3.05, 3.63) is 29.8 Å². The maximum absolute atomic E-state index is 12.6. The fourth-order valence-corrected chi connectivity index (χ4v) is 2.86. The van der Waals surface area contributed by atoms with Gasteiger partial charge in [0.25, 0.3) is 0 Å². The van der Waals surface area contributed by atoms with Crippen LogP contribution in [0.5, 0.6) is 0 Å². The molecule has 0 spiro atoms. The van der Waals surface area contributed by atoms with Crippen molar-refractivity contribution in [2.45, 2.75) is 45.9 Å². The molecule has 5 heteroatoms. The fraction of sp³-hybridized carbons (Fsp3) is 0.529. The predicted molar refractivity (Wildman–Crippen MR) is 86.1 cm³/mol. The van der Waals surface area contributed by atoms with Gasteiger partial charge in [0.2, 0.25) is 5.91 Å². The molecule has 1 aromatic carbocycles. The van der Waals surface area contributed by atoms with E-state index in [4.69, 9.17) is 4.74 Å². The lowest BCUT2D eigenvalue weighted by atomic mass is 10.0. The van der Waals surface area contributed by atoms with Crippen molar-refractivity contribution in [1.82, 2.24) is 4.90 Å². The molecule has 0 unspecified atom stereocenters. The lowest BCUT2D eigenvalue weighted by molar-refractivity contribution is -0.114. The Morgan fingerprint density at radius 2 is 1.73 bits per heavy atom. The van der Waals surface area contributed by atoms with Gasteiger partial charge in [-0.15, -0.1) is 0 Å². The summed E-state index contributed by atoms with van der Waals surface area (Å²) >= 11 is 0. The number of benzene rings is 1. The Hall–Kier alpha value is -1.72. The molecule has 0 radical (unpaired) electrons. The number of morpholine rings is 1.